The van der Waals surface area contributed by atoms with E-state index in [2.05, 4.69) is 16.8 Å². The molecule has 1 amide bonds. The predicted molar refractivity (Wildman–Crippen MR) is 142 cm³/mol. The van der Waals surface area contributed by atoms with Crippen molar-refractivity contribution in [3.63, 3.8) is 0 Å². The van der Waals surface area contributed by atoms with E-state index in [1.165, 1.54) is 0 Å². The molecule has 1 fully saturated rings. The number of amides is 1. The molecule has 1 aliphatic rings. The number of likely N-dealkylation sites (tertiary alicyclic amines) is 1. The number of hydroxylamine groups is 1. The van der Waals surface area contributed by atoms with Gasteiger partial charge in [-0.3, -0.25) is 19.9 Å². The predicted octanol–water partition coefficient (Wildman–Crippen LogP) is 3.57. The van der Waals surface area contributed by atoms with Gasteiger partial charge in [0.25, 0.3) is 0 Å². The van der Waals surface area contributed by atoms with Crippen LogP contribution in [0.5, 0.6) is 5.75 Å². The Labute approximate surface area is 229 Å². The van der Waals surface area contributed by atoms with Crippen molar-refractivity contribution in [2.75, 3.05) is 26.7 Å². The normalized spacial score (nSPS) is 15.8. The standard InChI is InChI=1S/C29H31F3N4O4/c1-40-20-4-5-25-22(15-20)27(18(16-33)17-34-25)26(37)6-7-29(28(38)35-39)8-11-36(12-9-29)10-2-3-21-23(31)13-19(30)14-24(21)32/h4-5,13-15,17,26,37,39H,6-12,16,33H2,1H3,(H,35,38)/t26-/m1/s1. The van der Waals surface area contributed by atoms with E-state index in [1.807, 2.05) is 4.90 Å². The lowest BCUT2D eigenvalue weighted by Crippen LogP contribution is -2.48. The first-order valence-corrected chi connectivity index (χ1v) is 12.9. The van der Waals surface area contributed by atoms with E-state index in [9.17, 15) is 28.3 Å². The zero-order valence-corrected chi connectivity index (χ0v) is 22.0. The molecule has 11 heteroatoms. The molecule has 2 heterocycles. The van der Waals surface area contributed by atoms with Gasteiger partial charge in [-0.05, 0) is 55.0 Å². The largest absolute Gasteiger partial charge is 0.497 e. The number of halogens is 3. The number of fused-ring (bicyclic) bond motifs is 1. The molecule has 1 aromatic heterocycles. The minimum absolute atomic E-state index is 0.163. The zero-order chi connectivity index (χ0) is 28.9. The van der Waals surface area contributed by atoms with Crippen molar-refractivity contribution in [2.45, 2.75) is 38.3 Å². The number of carbonyl (C=O) groups is 1. The second-order valence-corrected chi connectivity index (χ2v) is 9.88. The number of aromatic nitrogens is 1. The number of hydrogen-bond donors (Lipinski definition) is 4. The minimum atomic E-state index is -1.07. The van der Waals surface area contributed by atoms with Crippen molar-refractivity contribution in [3.05, 3.63) is 70.7 Å². The number of nitrogens with one attached hydrogen (secondary N) is 1. The number of carbonyl (C=O) groups excluding carboxylic acids is 1. The van der Waals surface area contributed by atoms with Crippen LogP contribution in [0.1, 0.15) is 48.5 Å². The summed E-state index contributed by atoms with van der Waals surface area (Å²) in [6, 6.07) is 6.51. The number of nitrogens with zero attached hydrogens (tertiary/aromatic N) is 2. The summed E-state index contributed by atoms with van der Waals surface area (Å²) in [5.74, 6) is 2.03. The van der Waals surface area contributed by atoms with Crippen LogP contribution in [0, 0.1) is 34.7 Å². The molecule has 8 nitrogen and oxygen atoms in total. The Hall–Kier alpha value is -3.69. The molecular weight excluding hydrogens is 525 g/mol. The topological polar surface area (TPSA) is 121 Å². The average molecular weight is 557 g/mol. The highest BCUT2D eigenvalue weighted by molar-refractivity contribution is 5.85. The summed E-state index contributed by atoms with van der Waals surface area (Å²) in [5, 5.41) is 21.5. The van der Waals surface area contributed by atoms with Crippen LogP contribution >= 0.6 is 0 Å². The average Bonchev–Trinajstić information content (AvgIpc) is 2.96. The molecule has 0 unspecified atom stereocenters. The Morgan fingerprint density at radius 3 is 2.55 bits per heavy atom. The number of aliphatic hydroxyl groups excluding tert-OH is 1. The van der Waals surface area contributed by atoms with E-state index in [1.54, 1.807) is 37.0 Å². The number of benzene rings is 2. The summed E-state index contributed by atoms with van der Waals surface area (Å²) in [6.07, 6.45) is 1.91. The Kier molecular flexibility index (Phi) is 9.27. The molecule has 1 atom stereocenters. The first-order chi connectivity index (χ1) is 19.2. The second kappa shape index (κ2) is 12.7. The van der Waals surface area contributed by atoms with Crippen LogP contribution in [0.25, 0.3) is 10.9 Å². The lowest BCUT2D eigenvalue weighted by atomic mass is 9.73. The molecular formula is C29H31F3N4O4. The third-order valence-electron chi connectivity index (χ3n) is 7.57. The number of hydrogen-bond acceptors (Lipinski definition) is 7. The SMILES string of the molecule is COc1ccc2ncc(CN)c([C@H](O)CCC3(C(=O)NO)CCN(CC#Cc4c(F)cc(F)cc4F)CC3)c2c1. The number of pyridine rings is 1. The fraction of sp³-hybridized carbons (Fsp3) is 0.379. The third kappa shape index (κ3) is 6.21. The fourth-order valence-electron chi connectivity index (χ4n) is 5.22. The smallest absolute Gasteiger partial charge is 0.249 e. The first kappa shape index (κ1) is 29.3. The van der Waals surface area contributed by atoms with Crippen LogP contribution in [-0.2, 0) is 11.3 Å². The number of nitrogens with two attached hydrogens (primary N) is 1. The van der Waals surface area contributed by atoms with Gasteiger partial charge in [0.15, 0.2) is 0 Å². The monoisotopic (exact) mass is 556 g/mol. The molecule has 1 aliphatic heterocycles. The number of ether oxygens (including phenoxy) is 1. The molecule has 2 aromatic carbocycles. The highest BCUT2D eigenvalue weighted by atomic mass is 19.1. The quantitative estimate of drug-likeness (QED) is 0.190. The van der Waals surface area contributed by atoms with Crippen LogP contribution in [-0.4, -0.2) is 52.8 Å². The summed E-state index contributed by atoms with van der Waals surface area (Å²) in [6.45, 7) is 1.20. The summed E-state index contributed by atoms with van der Waals surface area (Å²) in [7, 11) is 1.55. The van der Waals surface area contributed by atoms with Crippen molar-refractivity contribution in [3.8, 4) is 17.6 Å². The Morgan fingerprint density at radius 1 is 1.23 bits per heavy atom. The molecule has 4 rings (SSSR count). The Bertz CT molecular complexity index is 1420. The third-order valence-corrected chi connectivity index (χ3v) is 7.57. The summed E-state index contributed by atoms with van der Waals surface area (Å²) in [4.78, 5) is 19.2. The zero-order valence-electron chi connectivity index (χ0n) is 22.0. The van der Waals surface area contributed by atoms with Gasteiger partial charge in [0.2, 0.25) is 5.91 Å². The lowest BCUT2D eigenvalue weighted by Gasteiger charge is -2.40. The fourth-order valence-corrected chi connectivity index (χ4v) is 5.22. The van der Waals surface area contributed by atoms with Crippen molar-refractivity contribution < 1.29 is 33.0 Å². The molecule has 212 valence electrons. The van der Waals surface area contributed by atoms with Crippen LogP contribution in [0.15, 0.2) is 36.5 Å². The van der Waals surface area contributed by atoms with E-state index >= 15 is 0 Å². The van der Waals surface area contributed by atoms with Gasteiger partial charge in [0, 0.05) is 43.4 Å². The summed E-state index contributed by atoms with van der Waals surface area (Å²) >= 11 is 0. The van der Waals surface area contributed by atoms with Crippen LogP contribution < -0.4 is 16.0 Å². The molecule has 0 bridgehead atoms. The first-order valence-electron chi connectivity index (χ1n) is 12.9. The van der Waals surface area contributed by atoms with Crippen molar-refractivity contribution >= 4 is 16.8 Å². The maximum absolute atomic E-state index is 13.8. The van der Waals surface area contributed by atoms with Gasteiger partial charge in [-0.15, -0.1) is 0 Å². The lowest BCUT2D eigenvalue weighted by molar-refractivity contribution is -0.143. The molecule has 0 saturated carbocycles. The number of rotatable bonds is 8. The van der Waals surface area contributed by atoms with E-state index in [0.717, 1.165) is 0 Å². The molecule has 40 heavy (non-hydrogen) atoms. The second-order valence-electron chi connectivity index (χ2n) is 9.88. The molecule has 5 N–H and O–H groups in total. The van der Waals surface area contributed by atoms with Crippen molar-refractivity contribution in [2.24, 2.45) is 11.1 Å². The van der Waals surface area contributed by atoms with Gasteiger partial charge in [-0.2, -0.15) is 0 Å². The molecule has 0 aliphatic carbocycles. The summed E-state index contributed by atoms with van der Waals surface area (Å²) < 4.78 is 46.2. The number of aliphatic hydroxyl groups is 1. The van der Waals surface area contributed by atoms with Gasteiger partial charge in [-0.25, -0.2) is 18.7 Å². The molecule has 0 radical (unpaired) electrons. The van der Waals surface area contributed by atoms with Crippen molar-refractivity contribution in [1.29, 1.82) is 0 Å². The molecule has 1 saturated heterocycles. The number of piperidine rings is 1. The van der Waals surface area contributed by atoms with E-state index < -0.39 is 40.4 Å². The maximum atomic E-state index is 13.8. The summed E-state index contributed by atoms with van der Waals surface area (Å²) in [5.41, 5.74) is 8.25. The maximum Gasteiger partial charge on any atom is 0.249 e. The van der Waals surface area contributed by atoms with Crippen LogP contribution in [0.2, 0.25) is 0 Å². The van der Waals surface area contributed by atoms with Gasteiger partial charge in [-0.1, -0.05) is 11.8 Å². The number of methoxy groups -OCH3 is 1. The van der Waals surface area contributed by atoms with Crippen LogP contribution in [0.3, 0.4) is 0 Å². The van der Waals surface area contributed by atoms with E-state index in [4.69, 9.17) is 10.5 Å². The Balaban J connectivity index is 1.47. The van der Waals surface area contributed by atoms with Gasteiger partial charge in [0.1, 0.15) is 23.2 Å². The van der Waals surface area contributed by atoms with Gasteiger partial charge >= 0.3 is 0 Å². The highest BCUT2D eigenvalue weighted by Crippen LogP contribution is 2.40. The molecule has 0 spiro atoms. The van der Waals surface area contributed by atoms with Crippen molar-refractivity contribution in [1.82, 2.24) is 15.4 Å². The Morgan fingerprint density at radius 2 is 1.93 bits per heavy atom. The van der Waals surface area contributed by atoms with E-state index in [0.29, 0.717) is 65.8 Å². The highest BCUT2D eigenvalue weighted by Gasteiger charge is 2.41. The van der Waals surface area contributed by atoms with Gasteiger partial charge in [0.05, 0.1) is 36.3 Å². The van der Waals surface area contributed by atoms with E-state index in [-0.39, 0.29) is 25.9 Å². The van der Waals surface area contributed by atoms with Gasteiger partial charge < -0.3 is 15.6 Å². The molecule has 3 aromatic rings. The van der Waals surface area contributed by atoms with Crippen LogP contribution in [0.4, 0.5) is 13.2 Å². The minimum Gasteiger partial charge on any atom is -0.497 e.